The molecule has 2 rings (SSSR count). The van der Waals surface area contributed by atoms with E-state index in [1.54, 1.807) is 0 Å². The molecule has 14 heavy (non-hydrogen) atoms. The van der Waals surface area contributed by atoms with E-state index in [1.165, 1.54) is 0 Å². The smallest absolute Gasteiger partial charge is 0.165 e. The average molecular weight is 187 g/mol. The van der Waals surface area contributed by atoms with Crippen molar-refractivity contribution in [3.8, 4) is 0 Å². The van der Waals surface area contributed by atoms with E-state index in [1.807, 2.05) is 38.3 Å². The van der Waals surface area contributed by atoms with Crippen LogP contribution in [0.2, 0.25) is 0 Å². The minimum Gasteiger partial charge on any atom is -0.294 e. The second-order valence-electron chi connectivity index (χ2n) is 3.90. The van der Waals surface area contributed by atoms with E-state index in [9.17, 15) is 4.79 Å². The Morgan fingerprint density at radius 1 is 1.43 bits per heavy atom. The van der Waals surface area contributed by atoms with Crippen LogP contribution in [0, 0.1) is 5.92 Å². The van der Waals surface area contributed by atoms with E-state index in [2.05, 4.69) is 4.99 Å². The molecule has 0 fully saturated rings. The molecule has 0 amide bonds. The minimum absolute atomic E-state index is 0.0652. The van der Waals surface area contributed by atoms with Gasteiger partial charge in [0.1, 0.15) is 0 Å². The van der Waals surface area contributed by atoms with Crippen LogP contribution in [-0.2, 0) is 6.54 Å². The zero-order valence-electron chi connectivity index (χ0n) is 8.45. The van der Waals surface area contributed by atoms with E-state index in [0.29, 0.717) is 6.54 Å². The predicted octanol–water partition coefficient (Wildman–Crippen LogP) is 2.46. The Morgan fingerprint density at radius 2 is 2.21 bits per heavy atom. The van der Waals surface area contributed by atoms with Gasteiger partial charge in [-0.3, -0.25) is 9.79 Å². The number of rotatable bonds is 2. The maximum absolute atomic E-state index is 11.7. The van der Waals surface area contributed by atoms with Gasteiger partial charge in [0.25, 0.3) is 0 Å². The Bertz CT molecular complexity index is 405. The normalized spacial score (nSPS) is 13.4. The molecule has 1 aliphatic heterocycles. The van der Waals surface area contributed by atoms with Crippen molar-refractivity contribution in [2.75, 3.05) is 0 Å². The summed E-state index contributed by atoms with van der Waals surface area (Å²) in [6, 6.07) is 5.82. The summed E-state index contributed by atoms with van der Waals surface area (Å²) in [5.41, 5.74) is 3.12. The fourth-order valence-electron chi connectivity index (χ4n) is 1.60. The van der Waals surface area contributed by atoms with Gasteiger partial charge < -0.3 is 0 Å². The molecule has 0 N–H and O–H groups in total. The van der Waals surface area contributed by atoms with Crippen molar-refractivity contribution >= 4 is 12.0 Å². The number of Topliss-reactive ketones (excluding diaryl/α,β-unsaturated/α-hetero) is 1. The molecule has 1 aromatic carbocycles. The van der Waals surface area contributed by atoms with E-state index in [-0.39, 0.29) is 11.7 Å². The Kier molecular flexibility index (Phi) is 2.20. The van der Waals surface area contributed by atoms with Gasteiger partial charge in [-0.15, -0.1) is 0 Å². The molecule has 0 aromatic heterocycles. The Balaban J connectivity index is 2.35. The first-order chi connectivity index (χ1) is 6.68. The van der Waals surface area contributed by atoms with Gasteiger partial charge in [0.2, 0.25) is 0 Å². The summed E-state index contributed by atoms with van der Waals surface area (Å²) in [7, 11) is 0. The third kappa shape index (κ3) is 1.48. The monoisotopic (exact) mass is 187 g/mol. The average Bonchev–Trinajstić information content (AvgIpc) is 2.62. The van der Waals surface area contributed by atoms with Crippen molar-refractivity contribution in [3.05, 3.63) is 34.9 Å². The van der Waals surface area contributed by atoms with E-state index < -0.39 is 0 Å². The zero-order valence-corrected chi connectivity index (χ0v) is 8.45. The van der Waals surface area contributed by atoms with Crippen LogP contribution < -0.4 is 0 Å². The third-order valence-electron chi connectivity index (χ3n) is 2.44. The lowest BCUT2D eigenvalue weighted by Gasteiger charge is -2.05. The summed E-state index contributed by atoms with van der Waals surface area (Å²) in [6.45, 7) is 4.56. The summed E-state index contributed by atoms with van der Waals surface area (Å²) >= 11 is 0. The van der Waals surface area contributed by atoms with Gasteiger partial charge in [0.15, 0.2) is 5.78 Å². The lowest BCUT2D eigenvalue weighted by atomic mass is 9.98. The van der Waals surface area contributed by atoms with Crippen LogP contribution in [0.15, 0.2) is 23.2 Å². The maximum Gasteiger partial charge on any atom is 0.165 e. The van der Waals surface area contributed by atoms with Crippen molar-refractivity contribution in [3.63, 3.8) is 0 Å². The largest absolute Gasteiger partial charge is 0.294 e. The quantitative estimate of drug-likeness (QED) is 0.654. The van der Waals surface area contributed by atoms with Crippen LogP contribution in [-0.4, -0.2) is 12.0 Å². The molecule has 2 heteroatoms. The molecule has 1 aliphatic rings. The van der Waals surface area contributed by atoms with Crippen LogP contribution in [0.3, 0.4) is 0 Å². The van der Waals surface area contributed by atoms with Crippen molar-refractivity contribution in [1.29, 1.82) is 0 Å². The number of hydrogen-bond donors (Lipinski definition) is 0. The van der Waals surface area contributed by atoms with Gasteiger partial charge in [0, 0.05) is 17.7 Å². The summed E-state index contributed by atoms with van der Waals surface area (Å²) in [6.07, 6.45) is 1.86. The first-order valence-electron chi connectivity index (χ1n) is 4.85. The maximum atomic E-state index is 11.7. The van der Waals surface area contributed by atoms with Crippen LogP contribution in [0.25, 0.3) is 0 Å². The number of nitrogens with zero attached hydrogens (tertiary/aromatic N) is 1. The number of fused-ring (bicyclic) bond motifs is 1. The molecular weight excluding hydrogens is 174 g/mol. The van der Waals surface area contributed by atoms with Crippen molar-refractivity contribution in [2.45, 2.75) is 20.4 Å². The zero-order chi connectivity index (χ0) is 10.1. The van der Waals surface area contributed by atoms with E-state index in [0.717, 1.165) is 16.7 Å². The number of hydrogen-bond acceptors (Lipinski definition) is 2. The minimum atomic E-state index is 0.0652. The molecule has 72 valence electrons. The van der Waals surface area contributed by atoms with Gasteiger partial charge in [-0.25, -0.2) is 0 Å². The third-order valence-corrected chi connectivity index (χ3v) is 2.44. The van der Waals surface area contributed by atoms with Gasteiger partial charge in [-0.05, 0) is 17.2 Å². The number of ketones is 1. The first-order valence-corrected chi connectivity index (χ1v) is 4.85. The molecule has 0 atom stereocenters. The topological polar surface area (TPSA) is 29.4 Å². The summed E-state index contributed by atoms with van der Waals surface area (Å²) in [5.74, 6) is 0.273. The van der Waals surface area contributed by atoms with E-state index in [4.69, 9.17) is 0 Å². The highest BCUT2D eigenvalue weighted by Gasteiger charge is 2.13. The van der Waals surface area contributed by atoms with Crippen molar-refractivity contribution in [1.82, 2.24) is 0 Å². The fraction of sp³-hybridized carbons (Fsp3) is 0.333. The van der Waals surface area contributed by atoms with Crippen molar-refractivity contribution in [2.24, 2.45) is 10.9 Å². The number of carbonyl (C=O) groups excluding carboxylic acids is 1. The highest BCUT2D eigenvalue weighted by atomic mass is 16.1. The number of benzene rings is 1. The van der Waals surface area contributed by atoms with Crippen LogP contribution in [0.5, 0.6) is 0 Å². The van der Waals surface area contributed by atoms with Gasteiger partial charge in [-0.2, -0.15) is 0 Å². The molecule has 0 radical (unpaired) electrons. The van der Waals surface area contributed by atoms with E-state index >= 15 is 0 Å². The van der Waals surface area contributed by atoms with Crippen LogP contribution in [0.1, 0.15) is 35.3 Å². The highest BCUT2D eigenvalue weighted by molar-refractivity contribution is 5.98. The Labute approximate surface area is 83.7 Å². The molecule has 0 bridgehead atoms. The SMILES string of the molecule is CC(C)C(=O)c1ccc2c(c1)CN=C2. The van der Waals surface area contributed by atoms with Crippen molar-refractivity contribution < 1.29 is 4.79 Å². The number of carbonyl (C=O) groups is 1. The fourth-order valence-corrected chi connectivity index (χ4v) is 1.60. The second-order valence-corrected chi connectivity index (χ2v) is 3.90. The van der Waals surface area contributed by atoms with Crippen LogP contribution in [0.4, 0.5) is 0 Å². The molecule has 0 saturated heterocycles. The van der Waals surface area contributed by atoms with Crippen LogP contribution >= 0.6 is 0 Å². The number of aliphatic imine (C=N–C) groups is 1. The lowest BCUT2D eigenvalue weighted by Crippen LogP contribution is -2.07. The Morgan fingerprint density at radius 3 is 2.93 bits per heavy atom. The van der Waals surface area contributed by atoms with Gasteiger partial charge in [0.05, 0.1) is 6.54 Å². The lowest BCUT2D eigenvalue weighted by molar-refractivity contribution is 0.0939. The standard InChI is InChI=1S/C12H13NO/c1-8(2)12(14)9-3-4-10-6-13-7-11(10)5-9/h3-6,8H,7H2,1-2H3. The molecule has 0 unspecified atom stereocenters. The van der Waals surface area contributed by atoms with Gasteiger partial charge in [-0.1, -0.05) is 26.0 Å². The first kappa shape index (κ1) is 9.13. The predicted molar refractivity (Wildman–Crippen MR) is 56.9 cm³/mol. The summed E-state index contributed by atoms with van der Waals surface area (Å²) < 4.78 is 0. The molecule has 1 aromatic rings. The van der Waals surface area contributed by atoms with Gasteiger partial charge >= 0.3 is 0 Å². The highest BCUT2D eigenvalue weighted by Crippen LogP contribution is 2.18. The Hall–Kier alpha value is -1.44. The summed E-state index contributed by atoms with van der Waals surface area (Å²) in [4.78, 5) is 15.9. The molecule has 2 nitrogen and oxygen atoms in total. The molecule has 1 heterocycles. The second kappa shape index (κ2) is 3.37. The summed E-state index contributed by atoms with van der Waals surface area (Å²) in [5, 5.41) is 0. The molecule has 0 saturated carbocycles. The molecule has 0 aliphatic carbocycles. The molecular formula is C12H13NO. The molecule has 0 spiro atoms.